The number of nitrogens with zero attached hydrogens (tertiary/aromatic N) is 1. The highest BCUT2D eigenvalue weighted by Gasteiger charge is 2.15. The van der Waals surface area contributed by atoms with Crippen molar-refractivity contribution in [1.29, 1.82) is 0 Å². The fraction of sp³-hybridized carbons (Fsp3) is 0.267. The fourth-order valence-corrected chi connectivity index (χ4v) is 1.98. The zero-order valence-corrected chi connectivity index (χ0v) is 11.3. The van der Waals surface area contributed by atoms with E-state index in [0.717, 1.165) is 17.2 Å². The van der Waals surface area contributed by atoms with Crippen molar-refractivity contribution in [3.8, 4) is 0 Å². The average molecular weight is 259 g/mol. The van der Waals surface area contributed by atoms with Crippen LogP contribution in [0.4, 0.5) is 5.69 Å². The molecule has 0 amide bonds. The number of rotatable bonds is 4. The van der Waals surface area contributed by atoms with Crippen molar-refractivity contribution in [1.82, 2.24) is 0 Å². The van der Waals surface area contributed by atoms with Gasteiger partial charge in [0.1, 0.15) is 11.5 Å². The summed E-state index contributed by atoms with van der Waals surface area (Å²) >= 11 is 0. The molecule has 0 fully saturated rings. The van der Waals surface area contributed by atoms with Crippen LogP contribution >= 0.6 is 0 Å². The minimum absolute atomic E-state index is 0.335. The van der Waals surface area contributed by atoms with E-state index in [-0.39, 0.29) is 5.97 Å². The molecule has 0 unspecified atom stereocenters. The highest BCUT2D eigenvalue weighted by molar-refractivity contribution is 5.95. The van der Waals surface area contributed by atoms with E-state index < -0.39 is 0 Å². The lowest BCUT2D eigenvalue weighted by atomic mass is 10.1. The van der Waals surface area contributed by atoms with Crippen LogP contribution in [0.25, 0.3) is 0 Å². The Kier molecular flexibility index (Phi) is 3.90. The largest absolute Gasteiger partial charge is 0.465 e. The molecule has 0 bridgehead atoms. The van der Waals surface area contributed by atoms with E-state index in [2.05, 4.69) is 0 Å². The Morgan fingerprint density at radius 1 is 1.26 bits per heavy atom. The minimum Gasteiger partial charge on any atom is -0.465 e. The number of aryl methyl sites for hydroxylation is 1. The van der Waals surface area contributed by atoms with Gasteiger partial charge in [-0.25, -0.2) is 4.79 Å². The normalized spacial score (nSPS) is 10.3. The second kappa shape index (κ2) is 5.61. The van der Waals surface area contributed by atoms with Gasteiger partial charge in [0.2, 0.25) is 0 Å². The first-order valence-corrected chi connectivity index (χ1v) is 6.05. The lowest BCUT2D eigenvalue weighted by molar-refractivity contribution is 0.0601. The molecule has 0 radical (unpaired) electrons. The number of esters is 1. The van der Waals surface area contributed by atoms with Gasteiger partial charge in [-0.1, -0.05) is 12.1 Å². The highest BCUT2D eigenvalue weighted by Crippen LogP contribution is 2.22. The van der Waals surface area contributed by atoms with Crippen LogP contribution in [0.3, 0.4) is 0 Å². The summed E-state index contributed by atoms with van der Waals surface area (Å²) in [4.78, 5) is 13.7. The van der Waals surface area contributed by atoms with Gasteiger partial charge in [0.15, 0.2) is 0 Å². The number of para-hydroxylation sites is 1. The lowest BCUT2D eigenvalue weighted by Gasteiger charge is -2.20. The number of anilines is 1. The number of furan rings is 1. The van der Waals surface area contributed by atoms with Gasteiger partial charge in [0.05, 0.1) is 24.9 Å². The molecule has 0 aliphatic heterocycles. The summed E-state index contributed by atoms with van der Waals surface area (Å²) in [6, 6.07) is 11.2. The summed E-state index contributed by atoms with van der Waals surface area (Å²) in [6.07, 6.45) is 0. The van der Waals surface area contributed by atoms with Crippen molar-refractivity contribution in [2.24, 2.45) is 0 Å². The quantitative estimate of drug-likeness (QED) is 0.792. The van der Waals surface area contributed by atoms with E-state index in [4.69, 9.17) is 9.15 Å². The van der Waals surface area contributed by atoms with Crippen LogP contribution < -0.4 is 4.90 Å². The lowest BCUT2D eigenvalue weighted by Crippen LogP contribution is -2.19. The van der Waals surface area contributed by atoms with Gasteiger partial charge in [0, 0.05) is 7.05 Å². The summed E-state index contributed by atoms with van der Waals surface area (Å²) in [5.41, 5.74) is 1.37. The van der Waals surface area contributed by atoms with Crippen molar-refractivity contribution >= 4 is 11.7 Å². The molecular weight excluding hydrogens is 242 g/mol. The fourth-order valence-electron chi connectivity index (χ4n) is 1.98. The molecule has 0 atom stereocenters. The third-order valence-electron chi connectivity index (χ3n) is 2.91. The van der Waals surface area contributed by atoms with Crippen LogP contribution in [-0.2, 0) is 11.3 Å². The maximum absolute atomic E-state index is 11.7. The molecule has 0 aliphatic rings. The molecule has 2 aromatic rings. The number of hydrogen-bond donors (Lipinski definition) is 0. The van der Waals surface area contributed by atoms with Crippen LogP contribution in [0.2, 0.25) is 0 Å². The second-order valence-corrected chi connectivity index (χ2v) is 4.38. The van der Waals surface area contributed by atoms with Crippen molar-refractivity contribution in [2.45, 2.75) is 13.5 Å². The van der Waals surface area contributed by atoms with Gasteiger partial charge in [-0.3, -0.25) is 0 Å². The van der Waals surface area contributed by atoms with Crippen molar-refractivity contribution in [2.75, 3.05) is 19.1 Å². The van der Waals surface area contributed by atoms with Gasteiger partial charge in [-0.05, 0) is 31.2 Å². The topological polar surface area (TPSA) is 42.7 Å². The Morgan fingerprint density at radius 3 is 2.63 bits per heavy atom. The summed E-state index contributed by atoms with van der Waals surface area (Å²) in [5.74, 6) is 1.40. The third kappa shape index (κ3) is 2.96. The number of carbonyl (C=O) groups excluding carboxylic acids is 1. The molecule has 0 saturated heterocycles. The zero-order chi connectivity index (χ0) is 13.8. The Labute approximate surface area is 112 Å². The summed E-state index contributed by atoms with van der Waals surface area (Å²) in [6.45, 7) is 2.51. The maximum atomic E-state index is 11.7. The number of methoxy groups -OCH3 is 1. The molecule has 100 valence electrons. The van der Waals surface area contributed by atoms with Gasteiger partial charge in [-0.15, -0.1) is 0 Å². The van der Waals surface area contributed by atoms with E-state index in [1.807, 2.05) is 49.2 Å². The van der Waals surface area contributed by atoms with E-state index in [9.17, 15) is 4.79 Å². The van der Waals surface area contributed by atoms with Crippen LogP contribution in [0.15, 0.2) is 40.8 Å². The molecule has 0 saturated carbocycles. The molecule has 4 heteroatoms. The van der Waals surface area contributed by atoms with Gasteiger partial charge in [0.25, 0.3) is 0 Å². The molecule has 0 spiro atoms. The molecule has 4 nitrogen and oxygen atoms in total. The van der Waals surface area contributed by atoms with E-state index in [1.54, 1.807) is 6.07 Å². The van der Waals surface area contributed by atoms with Crippen molar-refractivity contribution in [3.05, 3.63) is 53.5 Å². The number of ether oxygens (including phenoxy) is 1. The van der Waals surface area contributed by atoms with E-state index in [0.29, 0.717) is 12.1 Å². The Morgan fingerprint density at radius 2 is 2.00 bits per heavy atom. The molecule has 1 aromatic carbocycles. The highest BCUT2D eigenvalue weighted by atomic mass is 16.5. The molecular formula is C15H17NO3. The summed E-state index contributed by atoms with van der Waals surface area (Å²) in [5, 5.41) is 0. The monoisotopic (exact) mass is 259 g/mol. The Balaban J connectivity index is 2.23. The average Bonchev–Trinajstić information content (AvgIpc) is 2.83. The number of carbonyl (C=O) groups is 1. The Hall–Kier alpha value is -2.23. The maximum Gasteiger partial charge on any atom is 0.339 e. The van der Waals surface area contributed by atoms with Gasteiger partial charge in [-0.2, -0.15) is 0 Å². The molecule has 1 aromatic heterocycles. The first-order valence-electron chi connectivity index (χ1n) is 6.05. The Bertz CT molecular complexity index is 574. The predicted octanol–water partition coefficient (Wildman–Crippen LogP) is 3.01. The molecule has 2 rings (SSSR count). The third-order valence-corrected chi connectivity index (χ3v) is 2.91. The van der Waals surface area contributed by atoms with Crippen molar-refractivity contribution in [3.63, 3.8) is 0 Å². The van der Waals surface area contributed by atoms with Crippen molar-refractivity contribution < 1.29 is 13.9 Å². The van der Waals surface area contributed by atoms with Crippen LogP contribution in [0, 0.1) is 6.92 Å². The summed E-state index contributed by atoms with van der Waals surface area (Å²) in [7, 11) is 3.30. The molecule has 19 heavy (non-hydrogen) atoms. The van der Waals surface area contributed by atoms with Gasteiger partial charge < -0.3 is 14.1 Å². The zero-order valence-electron chi connectivity index (χ0n) is 11.3. The van der Waals surface area contributed by atoms with Gasteiger partial charge >= 0.3 is 5.97 Å². The minimum atomic E-state index is -0.335. The summed E-state index contributed by atoms with van der Waals surface area (Å²) < 4.78 is 10.3. The predicted molar refractivity (Wildman–Crippen MR) is 73.3 cm³/mol. The molecule has 0 N–H and O–H groups in total. The SMILES string of the molecule is COC(=O)c1ccccc1N(C)Cc1ccc(C)o1. The van der Waals surface area contributed by atoms with E-state index in [1.165, 1.54) is 7.11 Å². The molecule has 0 aliphatic carbocycles. The molecule has 1 heterocycles. The first-order chi connectivity index (χ1) is 9.11. The van der Waals surface area contributed by atoms with Crippen LogP contribution in [0.5, 0.6) is 0 Å². The smallest absolute Gasteiger partial charge is 0.339 e. The number of hydrogen-bond acceptors (Lipinski definition) is 4. The number of benzene rings is 1. The van der Waals surface area contributed by atoms with Crippen LogP contribution in [-0.4, -0.2) is 20.1 Å². The van der Waals surface area contributed by atoms with Crippen LogP contribution in [0.1, 0.15) is 21.9 Å². The first kappa shape index (κ1) is 13.2. The standard InChI is InChI=1S/C15H17NO3/c1-11-8-9-12(19-11)10-16(2)14-7-5-4-6-13(14)15(17)18-3/h4-9H,10H2,1-3H3. The second-order valence-electron chi connectivity index (χ2n) is 4.38. The van der Waals surface area contributed by atoms with E-state index >= 15 is 0 Å².